The number of nitrogens with zero attached hydrogens (tertiary/aromatic N) is 1. The van der Waals surface area contributed by atoms with E-state index in [1.807, 2.05) is 0 Å². The monoisotopic (exact) mass is 204 g/mol. The lowest BCUT2D eigenvalue weighted by Gasteiger charge is -2.38. The van der Waals surface area contributed by atoms with Crippen molar-refractivity contribution in [2.45, 2.75) is 31.4 Å². The minimum atomic E-state index is -0.235. The van der Waals surface area contributed by atoms with Crippen LogP contribution in [0.2, 0.25) is 0 Å². The molecule has 2 unspecified atom stereocenters. The van der Waals surface area contributed by atoms with Crippen molar-refractivity contribution in [2.24, 2.45) is 5.73 Å². The molecule has 4 heteroatoms. The number of piperidine rings is 1. The van der Waals surface area contributed by atoms with E-state index in [2.05, 4.69) is 4.90 Å². The second-order valence-corrected chi connectivity index (χ2v) is 3.85. The highest BCUT2D eigenvalue weighted by molar-refractivity contribution is 4.82. The molecule has 2 atom stereocenters. The molecule has 1 fully saturated rings. The van der Waals surface area contributed by atoms with Gasteiger partial charge in [-0.25, -0.2) is 0 Å². The molecule has 1 saturated heterocycles. The van der Waals surface area contributed by atoms with Crippen LogP contribution in [0.5, 0.6) is 0 Å². The van der Waals surface area contributed by atoms with Gasteiger partial charge in [-0.3, -0.25) is 9.29 Å². The average Bonchev–Trinajstić information content (AvgIpc) is 2.26. The number of hydrogen-bond acceptors (Lipinski definition) is 3. The number of rotatable bonds is 5. The molecule has 1 heterocycles. The summed E-state index contributed by atoms with van der Waals surface area (Å²) in [7, 11) is 1.75. The number of halogens is 1. The largest absolute Gasteiger partial charge is 0.381 e. The highest BCUT2D eigenvalue weighted by Crippen LogP contribution is 2.19. The number of methoxy groups -OCH3 is 1. The zero-order valence-electron chi connectivity index (χ0n) is 8.92. The molecule has 1 aliphatic heterocycles. The van der Waals surface area contributed by atoms with E-state index in [4.69, 9.17) is 10.5 Å². The first-order valence-corrected chi connectivity index (χ1v) is 5.34. The Balaban J connectivity index is 2.35. The van der Waals surface area contributed by atoms with E-state index >= 15 is 0 Å². The minimum absolute atomic E-state index is 0.235. The van der Waals surface area contributed by atoms with Crippen LogP contribution in [0.25, 0.3) is 0 Å². The Hall–Kier alpha value is -0.190. The number of likely N-dealkylation sites (tertiary alicyclic amines) is 1. The fraction of sp³-hybridized carbons (Fsp3) is 1.00. The van der Waals surface area contributed by atoms with Crippen LogP contribution in [0, 0.1) is 0 Å². The Bertz CT molecular complexity index is 157. The highest BCUT2D eigenvalue weighted by Gasteiger charge is 2.26. The Labute approximate surface area is 85.4 Å². The third kappa shape index (κ3) is 3.19. The molecule has 1 rings (SSSR count). The molecular weight excluding hydrogens is 183 g/mol. The standard InChI is InChI=1S/C10H21FN2O/c1-14-10-3-6-13(5-2-4-11)9(7-10)8-12/h9-10H,2-8,12H2,1H3. The summed E-state index contributed by atoms with van der Waals surface area (Å²) in [5, 5.41) is 0. The van der Waals surface area contributed by atoms with Crippen LogP contribution in [0.3, 0.4) is 0 Å². The maximum Gasteiger partial charge on any atom is 0.0906 e. The fourth-order valence-electron chi connectivity index (χ4n) is 2.08. The van der Waals surface area contributed by atoms with E-state index in [1.54, 1.807) is 7.11 Å². The van der Waals surface area contributed by atoms with Gasteiger partial charge in [-0.15, -0.1) is 0 Å². The van der Waals surface area contributed by atoms with Crippen LogP contribution in [0.4, 0.5) is 4.39 Å². The third-order valence-corrected chi connectivity index (χ3v) is 2.97. The second kappa shape index (κ2) is 6.32. The van der Waals surface area contributed by atoms with Gasteiger partial charge in [0.25, 0.3) is 0 Å². The molecule has 0 bridgehead atoms. The Kier molecular flexibility index (Phi) is 5.37. The third-order valence-electron chi connectivity index (χ3n) is 2.97. The van der Waals surface area contributed by atoms with Gasteiger partial charge in [0.05, 0.1) is 12.8 Å². The zero-order valence-corrected chi connectivity index (χ0v) is 8.92. The van der Waals surface area contributed by atoms with E-state index < -0.39 is 0 Å². The number of nitrogens with two attached hydrogens (primary N) is 1. The van der Waals surface area contributed by atoms with Crippen LogP contribution < -0.4 is 5.73 Å². The van der Waals surface area contributed by atoms with Gasteiger partial charge in [0.2, 0.25) is 0 Å². The van der Waals surface area contributed by atoms with Gasteiger partial charge in [-0.1, -0.05) is 0 Å². The summed E-state index contributed by atoms with van der Waals surface area (Å²) in [6.45, 7) is 2.23. The van der Waals surface area contributed by atoms with Crippen LogP contribution in [0.1, 0.15) is 19.3 Å². The SMILES string of the molecule is COC1CCN(CCCF)C(CN)C1. The van der Waals surface area contributed by atoms with Crippen molar-refractivity contribution in [1.82, 2.24) is 4.90 Å². The molecule has 84 valence electrons. The van der Waals surface area contributed by atoms with Gasteiger partial charge in [-0.05, 0) is 19.3 Å². The molecule has 3 nitrogen and oxygen atoms in total. The number of ether oxygens (including phenoxy) is 1. The smallest absolute Gasteiger partial charge is 0.0906 e. The van der Waals surface area contributed by atoms with Gasteiger partial charge >= 0.3 is 0 Å². The van der Waals surface area contributed by atoms with Gasteiger partial charge in [0.15, 0.2) is 0 Å². The fourth-order valence-corrected chi connectivity index (χ4v) is 2.08. The van der Waals surface area contributed by atoms with Gasteiger partial charge in [-0.2, -0.15) is 0 Å². The first-order valence-electron chi connectivity index (χ1n) is 5.34. The Morgan fingerprint density at radius 3 is 2.93 bits per heavy atom. The van der Waals surface area contributed by atoms with Crippen molar-refractivity contribution in [2.75, 3.05) is 33.4 Å². The van der Waals surface area contributed by atoms with Crippen LogP contribution >= 0.6 is 0 Å². The molecule has 0 amide bonds. The van der Waals surface area contributed by atoms with Gasteiger partial charge in [0, 0.05) is 32.8 Å². The summed E-state index contributed by atoms with van der Waals surface area (Å²) in [4.78, 5) is 2.29. The topological polar surface area (TPSA) is 38.5 Å². The quantitative estimate of drug-likeness (QED) is 0.719. The molecule has 0 aromatic rings. The van der Waals surface area contributed by atoms with Gasteiger partial charge < -0.3 is 10.5 Å². The number of hydrogen-bond donors (Lipinski definition) is 1. The molecule has 0 radical (unpaired) electrons. The predicted molar refractivity (Wildman–Crippen MR) is 55.0 cm³/mol. The molecule has 0 saturated carbocycles. The predicted octanol–water partition coefficient (Wildman–Crippen LogP) is 0.784. The first kappa shape index (κ1) is 11.9. The molecule has 1 aliphatic rings. The summed E-state index contributed by atoms with van der Waals surface area (Å²) in [5.41, 5.74) is 5.69. The van der Waals surface area contributed by atoms with Crippen molar-refractivity contribution in [3.8, 4) is 0 Å². The molecule has 14 heavy (non-hydrogen) atoms. The maximum absolute atomic E-state index is 12.0. The average molecular weight is 204 g/mol. The van der Waals surface area contributed by atoms with Crippen molar-refractivity contribution < 1.29 is 9.13 Å². The van der Waals surface area contributed by atoms with Crippen molar-refractivity contribution in [3.63, 3.8) is 0 Å². The summed E-state index contributed by atoms with van der Waals surface area (Å²) >= 11 is 0. The summed E-state index contributed by atoms with van der Waals surface area (Å²) in [5.74, 6) is 0. The summed E-state index contributed by atoms with van der Waals surface area (Å²) < 4.78 is 17.4. The molecule has 0 aromatic carbocycles. The van der Waals surface area contributed by atoms with E-state index in [9.17, 15) is 4.39 Å². The van der Waals surface area contributed by atoms with Crippen LogP contribution in [0.15, 0.2) is 0 Å². The maximum atomic E-state index is 12.0. The minimum Gasteiger partial charge on any atom is -0.381 e. The molecular formula is C10H21FN2O. The second-order valence-electron chi connectivity index (χ2n) is 3.85. The van der Waals surface area contributed by atoms with Crippen LogP contribution in [-0.4, -0.2) is 50.5 Å². The van der Waals surface area contributed by atoms with Crippen LogP contribution in [-0.2, 0) is 4.74 Å². The van der Waals surface area contributed by atoms with Gasteiger partial charge in [0.1, 0.15) is 0 Å². The summed E-state index contributed by atoms with van der Waals surface area (Å²) in [6, 6.07) is 0.375. The van der Waals surface area contributed by atoms with Crippen molar-refractivity contribution in [1.29, 1.82) is 0 Å². The Morgan fingerprint density at radius 1 is 1.57 bits per heavy atom. The van der Waals surface area contributed by atoms with Crippen molar-refractivity contribution in [3.05, 3.63) is 0 Å². The normalized spacial score (nSPS) is 29.4. The van der Waals surface area contributed by atoms with E-state index in [1.165, 1.54) is 0 Å². The van der Waals surface area contributed by atoms with E-state index in [0.717, 1.165) is 25.9 Å². The first-order chi connectivity index (χ1) is 6.81. The zero-order chi connectivity index (χ0) is 10.4. The van der Waals surface area contributed by atoms with E-state index in [-0.39, 0.29) is 6.67 Å². The molecule has 2 N–H and O–H groups in total. The lowest BCUT2D eigenvalue weighted by Crippen LogP contribution is -2.48. The van der Waals surface area contributed by atoms with Crippen molar-refractivity contribution >= 4 is 0 Å². The molecule has 0 aromatic heterocycles. The van der Waals surface area contributed by atoms with E-state index in [0.29, 0.717) is 25.1 Å². The molecule has 0 aliphatic carbocycles. The summed E-state index contributed by atoms with van der Waals surface area (Å²) in [6.07, 6.45) is 2.98. The highest BCUT2D eigenvalue weighted by atomic mass is 19.1. The molecule has 0 spiro atoms. The Morgan fingerprint density at radius 2 is 2.36 bits per heavy atom. The lowest BCUT2D eigenvalue weighted by molar-refractivity contribution is 0.0125. The lowest BCUT2D eigenvalue weighted by atomic mass is 9.99. The number of alkyl halides is 1.